The van der Waals surface area contributed by atoms with Gasteiger partial charge in [0.25, 0.3) is 0 Å². The van der Waals surface area contributed by atoms with Crippen LogP contribution >= 0.6 is 11.8 Å². The normalized spacial score (nSPS) is 14.6. The fourth-order valence-electron chi connectivity index (χ4n) is 11.9. The Kier molecular flexibility index (Phi) is 7.65. The summed E-state index contributed by atoms with van der Waals surface area (Å²) in [6.07, 6.45) is 3.90. The van der Waals surface area contributed by atoms with Gasteiger partial charge in [0.05, 0.1) is 90.7 Å². The van der Waals surface area contributed by atoms with E-state index in [0.717, 1.165) is 115 Å². The number of para-hydroxylation sites is 4. The molecule has 0 fully saturated rings. The van der Waals surface area contributed by atoms with Gasteiger partial charge in [-0.15, -0.1) is 0 Å². The van der Waals surface area contributed by atoms with Crippen molar-refractivity contribution in [2.45, 2.75) is 15.2 Å². The third-order valence-corrected chi connectivity index (χ3v) is 15.7. The third kappa shape index (κ3) is 4.95. The molecule has 0 saturated heterocycles. The van der Waals surface area contributed by atoms with Crippen molar-refractivity contribution in [3.05, 3.63) is 234 Å². The fourth-order valence-corrected chi connectivity index (χ4v) is 13.2. The molecule has 0 bridgehead atoms. The van der Waals surface area contributed by atoms with Gasteiger partial charge in [-0.25, -0.2) is 0 Å². The van der Waals surface area contributed by atoms with E-state index in [0.29, 0.717) is 11.1 Å². The highest BCUT2D eigenvalue weighted by Gasteiger charge is 2.53. The number of rotatable bonds is 3. The minimum Gasteiger partial charge on any atom is -0.309 e. The summed E-state index contributed by atoms with van der Waals surface area (Å²) in [4.78, 5) is 12.9. The van der Waals surface area contributed by atoms with Gasteiger partial charge in [-0.3, -0.25) is 9.97 Å². The number of nitrogens with zero attached hydrogens (tertiary/aromatic N) is 7. The van der Waals surface area contributed by atoms with Crippen LogP contribution in [0.2, 0.25) is 0 Å². The molecule has 1 aliphatic heterocycles. The van der Waals surface area contributed by atoms with E-state index >= 15 is 0 Å². The SMILES string of the molecule is N#Cc1ccc2c(c1)c1ccccc1n2-c1ccc2c(c1)Sc1cccc(-n3c4ccccc4c4cc(C#N)ccc43)c1C21c2cccnc2-c2ncc(-n3c4ccccc4c4ccccc43)cc21. The highest BCUT2D eigenvalue weighted by atomic mass is 32.2. The van der Waals surface area contributed by atoms with Crippen molar-refractivity contribution >= 4 is 77.2 Å². The lowest BCUT2D eigenvalue weighted by Crippen LogP contribution is -2.33. The van der Waals surface area contributed by atoms with E-state index in [4.69, 9.17) is 9.97 Å². The average Bonchev–Trinajstić information content (AvgIpc) is 4.12. The van der Waals surface area contributed by atoms with Crippen molar-refractivity contribution in [2.75, 3.05) is 0 Å². The van der Waals surface area contributed by atoms with Gasteiger partial charge in [0.15, 0.2) is 0 Å². The number of hydrogen-bond donors (Lipinski definition) is 0. The predicted octanol–water partition coefficient (Wildman–Crippen LogP) is 14.3. The maximum absolute atomic E-state index is 10.1. The van der Waals surface area contributed by atoms with Gasteiger partial charge >= 0.3 is 0 Å². The van der Waals surface area contributed by atoms with Crippen LogP contribution in [0.4, 0.5) is 0 Å². The number of benzene rings is 8. The lowest BCUT2D eigenvalue weighted by atomic mass is 9.67. The van der Waals surface area contributed by atoms with E-state index in [1.54, 1.807) is 11.8 Å². The van der Waals surface area contributed by atoms with E-state index in [1.165, 1.54) is 10.8 Å². The summed E-state index contributed by atoms with van der Waals surface area (Å²) in [5.74, 6) is 0. The standard InChI is InChI=1S/C61H33N7S/c62-33-36-22-26-53-44(29-36)42-13-3-7-18-51(42)66(53)38-24-25-46-57(32-38)69-56-21-9-20-55(68-52-19-8-4-14-43(52)45-30-37(34-63)23-27-54(45)68)58(56)61(46)47-15-10-28-64-59(47)60-48(61)31-39(35-65-60)67-49-16-5-1-11-40(49)41-12-2-6-17-50(41)67/h1-32,35H. The number of pyridine rings is 2. The summed E-state index contributed by atoms with van der Waals surface area (Å²) in [5.41, 5.74) is 16.0. The zero-order valence-corrected chi connectivity index (χ0v) is 37.4. The molecule has 1 atom stereocenters. The van der Waals surface area contributed by atoms with E-state index in [-0.39, 0.29) is 0 Å². The zero-order chi connectivity index (χ0) is 45.5. The maximum atomic E-state index is 10.1. The summed E-state index contributed by atoms with van der Waals surface area (Å²) in [6.45, 7) is 0. The molecule has 1 unspecified atom stereocenters. The van der Waals surface area contributed by atoms with Crippen LogP contribution < -0.4 is 0 Å². The molecule has 1 spiro atoms. The van der Waals surface area contributed by atoms with Crippen molar-refractivity contribution < 1.29 is 0 Å². The molecule has 0 radical (unpaired) electrons. The van der Waals surface area contributed by atoms with Crippen LogP contribution in [0.5, 0.6) is 0 Å². The Morgan fingerprint density at radius 1 is 0.406 bits per heavy atom. The molecule has 7 nitrogen and oxygen atoms in total. The number of hydrogen-bond acceptors (Lipinski definition) is 5. The topological polar surface area (TPSA) is 88.2 Å². The molecule has 5 aromatic heterocycles. The largest absolute Gasteiger partial charge is 0.309 e. The molecule has 13 aromatic rings. The van der Waals surface area contributed by atoms with Gasteiger partial charge < -0.3 is 13.7 Å². The molecule has 0 saturated carbocycles. The Morgan fingerprint density at radius 2 is 0.957 bits per heavy atom. The smallest absolute Gasteiger partial charge is 0.0991 e. The van der Waals surface area contributed by atoms with Gasteiger partial charge in [-0.1, -0.05) is 103 Å². The molecule has 2 aliphatic rings. The first-order valence-electron chi connectivity index (χ1n) is 22.9. The minimum absolute atomic E-state index is 0.624. The van der Waals surface area contributed by atoms with Crippen LogP contribution in [-0.2, 0) is 5.41 Å². The number of aromatic nitrogens is 5. The highest BCUT2D eigenvalue weighted by Crippen LogP contribution is 2.63. The lowest BCUT2D eigenvalue weighted by Gasteiger charge is -2.41. The van der Waals surface area contributed by atoms with Crippen LogP contribution in [0.25, 0.3) is 93.9 Å². The Balaban J connectivity index is 1.08. The predicted molar refractivity (Wildman–Crippen MR) is 276 cm³/mol. The molecule has 15 rings (SSSR count). The summed E-state index contributed by atoms with van der Waals surface area (Å²) in [6, 6.07) is 71.4. The van der Waals surface area contributed by atoms with Crippen molar-refractivity contribution in [3.63, 3.8) is 0 Å². The Hall–Kier alpha value is -9.21. The first-order chi connectivity index (χ1) is 34.1. The van der Waals surface area contributed by atoms with Crippen molar-refractivity contribution in [1.29, 1.82) is 10.5 Å². The molecule has 8 heteroatoms. The van der Waals surface area contributed by atoms with E-state index in [1.807, 2.05) is 36.7 Å². The number of nitriles is 2. The van der Waals surface area contributed by atoms with Gasteiger partial charge in [0, 0.05) is 65.1 Å². The summed E-state index contributed by atoms with van der Waals surface area (Å²) in [5, 5.41) is 26.7. The van der Waals surface area contributed by atoms with Gasteiger partial charge in [-0.2, -0.15) is 10.5 Å². The van der Waals surface area contributed by atoms with E-state index < -0.39 is 5.41 Å². The quantitative estimate of drug-likeness (QED) is 0.176. The van der Waals surface area contributed by atoms with Crippen molar-refractivity contribution in [1.82, 2.24) is 23.7 Å². The molecule has 0 amide bonds. The van der Waals surface area contributed by atoms with Crippen molar-refractivity contribution in [2.24, 2.45) is 0 Å². The molecule has 0 N–H and O–H groups in total. The summed E-state index contributed by atoms with van der Waals surface area (Å²) in [7, 11) is 0. The first-order valence-corrected chi connectivity index (χ1v) is 23.7. The molecular formula is C61H33N7S. The second-order valence-electron chi connectivity index (χ2n) is 17.9. The van der Waals surface area contributed by atoms with Crippen molar-refractivity contribution in [3.8, 4) is 40.6 Å². The lowest BCUT2D eigenvalue weighted by molar-refractivity contribution is 0.711. The first kappa shape index (κ1) is 38.0. The molecule has 8 aromatic carbocycles. The number of fused-ring (bicyclic) bond motifs is 18. The zero-order valence-electron chi connectivity index (χ0n) is 36.6. The highest BCUT2D eigenvalue weighted by molar-refractivity contribution is 7.99. The van der Waals surface area contributed by atoms with E-state index in [9.17, 15) is 10.5 Å². The third-order valence-electron chi connectivity index (χ3n) is 14.6. The molecule has 6 heterocycles. The molecule has 318 valence electrons. The monoisotopic (exact) mass is 895 g/mol. The minimum atomic E-state index is -0.890. The molecular weight excluding hydrogens is 863 g/mol. The second-order valence-corrected chi connectivity index (χ2v) is 19.0. The van der Waals surface area contributed by atoms with Crippen LogP contribution in [0.3, 0.4) is 0 Å². The van der Waals surface area contributed by atoms with E-state index in [2.05, 4.69) is 190 Å². The van der Waals surface area contributed by atoms with Gasteiger partial charge in [-0.05, 0) is 108 Å². The maximum Gasteiger partial charge on any atom is 0.0991 e. The average molecular weight is 896 g/mol. The van der Waals surface area contributed by atoms with Crippen LogP contribution in [0, 0.1) is 22.7 Å². The van der Waals surface area contributed by atoms with Crippen LogP contribution in [0.15, 0.2) is 210 Å². The second kappa shape index (κ2) is 13.9. The van der Waals surface area contributed by atoms with Crippen LogP contribution in [-0.4, -0.2) is 23.7 Å². The van der Waals surface area contributed by atoms with Gasteiger partial charge in [0.2, 0.25) is 0 Å². The van der Waals surface area contributed by atoms with Crippen LogP contribution in [0.1, 0.15) is 33.4 Å². The molecule has 69 heavy (non-hydrogen) atoms. The molecule has 1 aliphatic carbocycles. The summed E-state index contributed by atoms with van der Waals surface area (Å²) < 4.78 is 7.09. The van der Waals surface area contributed by atoms with Gasteiger partial charge in [0.1, 0.15) is 0 Å². The Labute approximate surface area is 399 Å². The summed E-state index contributed by atoms with van der Waals surface area (Å²) >= 11 is 1.80. The Morgan fingerprint density at radius 3 is 1.59 bits per heavy atom. The fraction of sp³-hybridized carbons (Fsp3) is 0.0164. The Bertz CT molecular complexity index is 4470.